The van der Waals surface area contributed by atoms with Gasteiger partial charge in [-0.2, -0.15) is 0 Å². The molecular weight excluding hydrogens is 196 g/mol. The van der Waals surface area contributed by atoms with E-state index in [1.165, 1.54) is 37.9 Å². The molecule has 1 aromatic rings. The van der Waals surface area contributed by atoms with Crippen LogP contribution in [0.2, 0.25) is 0 Å². The summed E-state index contributed by atoms with van der Waals surface area (Å²) in [7, 11) is 0. The maximum absolute atomic E-state index is 4.29. The van der Waals surface area contributed by atoms with E-state index in [0.717, 1.165) is 17.8 Å². The van der Waals surface area contributed by atoms with E-state index < -0.39 is 0 Å². The highest BCUT2D eigenvalue weighted by Gasteiger charge is 2.47. The second kappa shape index (κ2) is 3.30. The Bertz CT molecular complexity index is 359. The Labute approximate surface area is 96.7 Å². The molecule has 1 saturated carbocycles. The van der Waals surface area contributed by atoms with Gasteiger partial charge in [-0.25, -0.2) is 0 Å². The molecular formula is C14H18N2. The highest BCUT2D eigenvalue weighted by molar-refractivity contribution is 5.18. The third-order valence-corrected chi connectivity index (χ3v) is 4.79. The van der Waals surface area contributed by atoms with Crippen LogP contribution in [-0.2, 0) is 0 Å². The van der Waals surface area contributed by atoms with Crippen LogP contribution in [-0.4, -0.2) is 23.0 Å². The molecule has 0 spiro atoms. The van der Waals surface area contributed by atoms with Crippen molar-refractivity contribution in [2.45, 2.75) is 25.3 Å². The zero-order valence-corrected chi connectivity index (χ0v) is 9.55. The van der Waals surface area contributed by atoms with Gasteiger partial charge in [0.25, 0.3) is 0 Å². The van der Waals surface area contributed by atoms with Crippen molar-refractivity contribution < 1.29 is 0 Å². The first kappa shape index (κ1) is 9.17. The molecule has 0 radical (unpaired) electrons. The quantitative estimate of drug-likeness (QED) is 0.714. The molecule has 1 aliphatic carbocycles. The van der Waals surface area contributed by atoms with Crippen molar-refractivity contribution in [3.05, 3.63) is 30.1 Å². The summed E-state index contributed by atoms with van der Waals surface area (Å²) in [6.45, 7) is 2.68. The van der Waals surface area contributed by atoms with E-state index in [-0.39, 0.29) is 0 Å². The zero-order chi connectivity index (χ0) is 10.5. The molecule has 3 saturated heterocycles. The van der Waals surface area contributed by atoms with Crippen molar-refractivity contribution in [2.75, 3.05) is 13.1 Å². The van der Waals surface area contributed by atoms with E-state index in [0.29, 0.717) is 6.04 Å². The molecule has 5 rings (SSSR count). The summed E-state index contributed by atoms with van der Waals surface area (Å²) >= 11 is 0. The lowest BCUT2D eigenvalue weighted by Gasteiger charge is -2.56. The van der Waals surface area contributed by atoms with Gasteiger partial charge in [0.1, 0.15) is 0 Å². The zero-order valence-electron chi connectivity index (χ0n) is 9.55. The summed E-state index contributed by atoms with van der Waals surface area (Å²) < 4.78 is 0. The first-order valence-electron chi connectivity index (χ1n) is 6.54. The fourth-order valence-electron chi connectivity index (χ4n) is 4.47. The van der Waals surface area contributed by atoms with E-state index in [1.807, 2.05) is 6.20 Å². The lowest BCUT2D eigenvalue weighted by molar-refractivity contribution is -0.0663. The predicted octanol–water partition coefficient (Wildman–Crippen LogP) is 2.48. The van der Waals surface area contributed by atoms with Crippen molar-refractivity contribution in [3.8, 4) is 0 Å². The maximum Gasteiger partial charge on any atom is 0.0391 e. The monoisotopic (exact) mass is 214 g/mol. The average Bonchev–Trinajstić information content (AvgIpc) is 2.29. The van der Waals surface area contributed by atoms with Gasteiger partial charge in [-0.15, -0.1) is 0 Å². The fourth-order valence-corrected chi connectivity index (χ4v) is 4.47. The molecule has 4 aliphatic rings. The standard InChI is InChI=1S/C14H18N2/c1-2-12(7-15-3-1)14-13-5-10-4-11(6-13)9-16(14)8-10/h1-3,7,10-11,13-14H,4-6,8-9H2/t10-,11+,13?,14-/m0/s1. The second-order valence-electron chi connectivity index (χ2n) is 5.88. The molecule has 2 unspecified atom stereocenters. The molecule has 16 heavy (non-hydrogen) atoms. The Kier molecular flexibility index (Phi) is 1.89. The predicted molar refractivity (Wildman–Crippen MR) is 62.9 cm³/mol. The van der Waals surface area contributed by atoms with Crippen molar-refractivity contribution in [1.29, 1.82) is 0 Å². The van der Waals surface area contributed by atoms with Crippen molar-refractivity contribution >= 4 is 0 Å². The lowest BCUT2D eigenvalue weighted by Crippen LogP contribution is -2.54. The van der Waals surface area contributed by atoms with Gasteiger partial charge in [0.05, 0.1) is 0 Å². The van der Waals surface area contributed by atoms with Gasteiger partial charge in [0, 0.05) is 31.5 Å². The molecule has 0 aromatic carbocycles. The minimum absolute atomic E-state index is 0.682. The highest BCUT2D eigenvalue weighted by Crippen LogP contribution is 2.51. The highest BCUT2D eigenvalue weighted by atomic mass is 15.2. The van der Waals surface area contributed by atoms with Crippen LogP contribution in [0.3, 0.4) is 0 Å². The summed E-state index contributed by atoms with van der Waals surface area (Å²) in [6, 6.07) is 5.03. The van der Waals surface area contributed by atoms with Gasteiger partial charge in [0.15, 0.2) is 0 Å². The number of hydrogen-bond acceptors (Lipinski definition) is 2. The number of aromatic nitrogens is 1. The van der Waals surface area contributed by atoms with E-state index >= 15 is 0 Å². The Morgan fingerprint density at radius 1 is 1.12 bits per heavy atom. The summed E-state index contributed by atoms with van der Waals surface area (Å²) in [5.41, 5.74) is 1.45. The molecule has 4 fully saturated rings. The SMILES string of the molecule is c1cncc([C@H]2C3C[C@@H]4C[C@H](C3)CN2C4)c1. The van der Waals surface area contributed by atoms with Crippen molar-refractivity contribution in [3.63, 3.8) is 0 Å². The number of hydrogen-bond donors (Lipinski definition) is 0. The molecule has 1 aromatic heterocycles. The van der Waals surface area contributed by atoms with Crippen molar-refractivity contribution in [1.82, 2.24) is 9.88 Å². The van der Waals surface area contributed by atoms with Gasteiger partial charge in [-0.3, -0.25) is 9.88 Å². The summed E-state index contributed by atoms with van der Waals surface area (Å²) in [6.07, 6.45) is 8.40. The topological polar surface area (TPSA) is 16.1 Å². The second-order valence-corrected chi connectivity index (χ2v) is 5.88. The Morgan fingerprint density at radius 2 is 1.94 bits per heavy atom. The van der Waals surface area contributed by atoms with Crippen LogP contribution < -0.4 is 0 Å². The van der Waals surface area contributed by atoms with E-state index in [1.54, 1.807) is 0 Å². The molecule has 4 bridgehead atoms. The molecule has 2 nitrogen and oxygen atoms in total. The van der Waals surface area contributed by atoms with Crippen LogP contribution in [0.15, 0.2) is 24.5 Å². The minimum Gasteiger partial charge on any atom is -0.295 e. The number of rotatable bonds is 1. The fraction of sp³-hybridized carbons (Fsp3) is 0.643. The molecule has 2 heteroatoms. The maximum atomic E-state index is 4.29. The summed E-state index contributed by atoms with van der Waals surface area (Å²) in [5, 5.41) is 0. The average molecular weight is 214 g/mol. The molecule has 84 valence electrons. The van der Waals surface area contributed by atoms with Crippen LogP contribution in [0.4, 0.5) is 0 Å². The van der Waals surface area contributed by atoms with Gasteiger partial charge in [-0.05, 0) is 48.6 Å². The smallest absolute Gasteiger partial charge is 0.0391 e. The van der Waals surface area contributed by atoms with E-state index in [9.17, 15) is 0 Å². The third-order valence-electron chi connectivity index (χ3n) is 4.79. The number of nitrogens with zero attached hydrogens (tertiary/aromatic N) is 2. The summed E-state index contributed by atoms with van der Waals surface area (Å²) in [4.78, 5) is 7.02. The molecule has 3 aliphatic heterocycles. The molecule has 0 N–H and O–H groups in total. The van der Waals surface area contributed by atoms with Gasteiger partial charge >= 0.3 is 0 Å². The Hall–Kier alpha value is -0.890. The summed E-state index contributed by atoms with van der Waals surface area (Å²) in [5.74, 6) is 2.92. The van der Waals surface area contributed by atoms with Gasteiger partial charge in [0.2, 0.25) is 0 Å². The minimum atomic E-state index is 0.682. The number of pyridine rings is 1. The first-order valence-corrected chi connectivity index (χ1v) is 6.54. The Balaban J connectivity index is 1.70. The number of piperidine rings is 3. The van der Waals surface area contributed by atoms with Crippen molar-refractivity contribution in [2.24, 2.45) is 17.8 Å². The van der Waals surface area contributed by atoms with Gasteiger partial charge < -0.3 is 0 Å². The molecule has 5 atom stereocenters. The van der Waals surface area contributed by atoms with Crippen LogP contribution in [0.1, 0.15) is 30.9 Å². The van der Waals surface area contributed by atoms with E-state index in [4.69, 9.17) is 0 Å². The Morgan fingerprint density at radius 3 is 2.56 bits per heavy atom. The third kappa shape index (κ3) is 1.26. The van der Waals surface area contributed by atoms with Crippen LogP contribution in [0.5, 0.6) is 0 Å². The van der Waals surface area contributed by atoms with Gasteiger partial charge in [-0.1, -0.05) is 6.07 Å². The normalized spacial score (nSPS) is 44.9. The van der Waals surface area contributed by atoms with Crippen LogP contribution in [0, 0.1) is 17.8 Å². The van der Waals surface area contributed by atoms with Crippen LogP contribution >= 0.6 is 0 Å². The molecule has 4 heterocycles. The first-order chi connectivity index (χ1) is 7.90. The molecule has 0 amide bonds. The largest absolute Gasteiger partial charge is 0.295 e. The van der Waals surface area contributed by atoms with Crippen LogP contribution in [0.25, 0.3) is 0 Å². The lowest BCUT2D eigenvalue weighted by atomic mass is 9.64. The van der Waals surface area contributed by atoms with E-state index in [2.05, 4.69) is 28.2 Å².